The maximum atomic E-state index is 11.7. The Hall–Kier alpha value is -1.97. The van der Waals surface area contributed by atoms with Crippen molar-refractivity contribution in [1.82, 2.24) is 15.0 Å². The molecule has 0 unspecified atom stereocenters. The van der Waals surface area contributed by atoms with Gasteiger partial charge < -0.3 is 4.98 Å². The van der Waals surface area contributed by atoms with Crippen molar-refractivity contribution in [2.45, 2.75) is 34.1 Å². The fraction of sp³-hybridized carbons (Fsp3) is 0.400. The number of rotatable bonds is 3. The monoisotopic (exact) mass is 257 g/mol. The van der Waals surface area contributed by atoms with E-state index < -0.39 is 0 Å². The molecule has 4 heteroatoms. The lowest BCUT2D eigenvalue weighted by Crippen LogP contribution is -2.12. The Kier molecular flexibility index (Phi) is 3.79. The second-order valence-electron chi connectivity index (χ2n) is 5.36. The molecule has 1 N–H and O–H groups in total. The predicted octanol–water partition coefficient (Wildman–Crippen LogP) is 2.65. The van der Waals surface area contributed by atoms with Gasteiger partial charge in [-0.1, -0.05) is 19.9 Å². The molecule has 2 aromatic rings. The second-order valence-corrected chi connectivity index (χ2v) is 5.36. The van der Waals surface area contributed by atoms with Gasteiger partial charge in [0, 0.05) is 18.0 Å². The molecule has 100 valence electrons. The number of aryl methyl sites for hydroxylation is 2. The molecular weight excluding hydrogens is 238 g/mol. The molecule has 4 nitrogen and oxygen atoms in total. The van der Waals surface area contributed by atoms with Crippen molar-refractivity contribution < 1.29 is 0 Å². The Labute approximate surface area is 112 Å². The van der Waals surface area contributed by atoms with E-state index in [1.54, 1.807) is 12.3 Å². The molecule has 0 fully saturated rings. The molecular formula is C15H19N3O. The number of H-pyrrole nitrogens is 1. The average molecular weight is 257 g/mol. The van der Waals surface area contributed by atoms with Crippen LogP contribution in [0.3, 0.4) is 0 Å². The third-order valence-electron chi connectivity index (χ3n) is 2.85. The van der Waals surface area contributed by atoms with E-state index in [0.717, 1.165) is 28.9 Å². The first kappa shape index (κ1) is 13.5. The average Bonchev–Trinajstić information content (AvgIpc) is 2.26. The van der Waals surface area contributed by atoms with E-state index in [2.05, 4.69) is 28.8 Å². The van der Waals surface area contributed by atoms with Crippen molar-refractivity contribution in [3.63, 3.8) is 0 Å². The first-order valence-corrected chi connectivity index (χ1v) is 6.49. The molecule has 0 aromatic carbocycles. The Morgan fingerprint density at radius 2 is 2.00 bits per heavy atom. The van der Waals surface area contributed by atoms with Gasteiger partial charge in [0.1, 0.15) is 5.69 Å². The van der Waals surface area contributed by atoms with Crippen LogP contribution < -0.4 is 5.56 Å². The minimum absolute atomic E-state index is 0.123. The summed E-state index contributed by atoms with van der Waals surface area (Å²) in [7, 11) is 0. The van der Waals surface area contributed by atoms with Crippen LogP contribution >= 0.6 is 0 Å². The van der Waals surface area contributed by atoms with Crippen LogP contribution in [0.15, 0.2) is 23.1 Å². The van der Waals surface area contributed by atoms with Crippen LogP contribution in [-0.4, -0.2) is 15.0 Å². The van der Waals surface area contributed by atoms with Crippen molar-refractivity contribution in [3.8, 4) is 11.5 Å². The van der Waals surface area contributed by atoms with Crippen LogP contribution in [0.1, 0.15) is 30.7 Å². The predicted molar refractivity (Wildman–Crippen MR) is 76.1 cm³/mol. The maximum absolute atomic E-state index is 11.7. The van der Waals surface area contributed by atoms with E-state index in [1.807, 2.05) is 19.9 Å². The molecule has 19 heavy (non-hydrogen) atoms. The molecule has 2 heterocycles. The summed E-state index contributed by atoms with van der Waals surface area (Å²) in [6, 6.07) is 3.60. The lowest BCUT2D eigenvalue weighted by molar-refractivity contribution is 0.633. The summed E-state index contributed by atoms with van der Waals surface area (Å²) in [5, 5.41) is 0. The van der Waals surface area contributed by atoms with Crippen LogP contribution in [0.2, 0.25) is 0 Å². The van der Waals surface area contributed by atoms with Crippen molar-refractivity contribution in [2.24, 2.45) is 5.92 Å². The van der Waals surface area contributed by atoms with Crippen LogP contribution in [0.5, 0.6) is 0 Å². The summed E-state index contributed by atoms with van der Waals surface area (Å²) in [5.41, 5.74) is 3.55. The summed E-state index contributed by atoms with van der Waals surface area (Å²) in [6.45, 7) is 8.19. The Bertz CT molecular complexity index is 644. The highest BCUT2D eigenvalue weighted by molar-refractivity contribution is 5.54. The van der Waals surface area contributed by atoms with Crippen LogP contribution in [-0.2, 0) is 6.42 Å². The van der Waals surface area contributed by atoms with Gasteiger partial charge in [0.15, 0.2) is 5.82 Å². The minimum atomic E-state index is -0.123. The van der Waals surface area contributed by atoms with Crippen molar-refractivity contribution in [2.75, 3.05) is 0 Å². The maximum Gasteiger partial charge on any atom is 0.251 e. The zero-order valence-electron chi connectivity index (χ0n) is 11.8. The van der Waals surface area contributed by atoms with E-state index in [1.165, 1.54) is 0 Å². The summed E-state index contributed by atoms with van der Waals surface area (Å²) in [6.07, 6.45) is 2.58. The first-order valence-electron chi connectivity index (χ1n) is 6.49. The van der Waals surface area contributed by atoms with E-state index in [0.29, 0.717) is 11.7 Å². The smallest absolute Gasteiger partial charge is 0.251 e. The SMILES string of the molecule is Cc1cnc(-c2nc(CC(C)C)cc(=O)[nH]2)c(C)c1. The van der Waals surface area contributed by atoms with Crippen molar-refractivity contribution >= 4 is 0 Å². The third kappa shape index (κ3) is 3.28. The Balaban J connectivity index is 2.50. The highest BCUT2D eigenvalue weighted by Crippen LogP contribution is 2.17. The summed E-state index contributed by atoms with van der Waals surface area (Å²) < 4.78 is 0. The number of hydrogen-bond donors (Lipinski definition) is 1. The number of hydrogen-bond acceptors (Lipinski definition) is 3. The lowest BCUT2D eigenvalue weighted by Gasteiger charge is -2.08. The molecule has 0 radical (unpaired) electrons. The van der Waals surface area contributed by atoms with E-state index in [9.17, 15) is 4.79 Å². The summed E-state index contributed by atoms with van der Waals surface area (Å²) in [4.78, 5) is 23.4. The molecule has 0 aliphatic rings. The molecule has 2 rings (SSSR count). The van der Waals surface area contributed by atoms with Crippen LogP contribution in [0, 0.1) is 19.8 Å². The standard InChI is InChI=1S/C15H19N3O/c1-9(2)5-12-7-13(19)18-15(17-12)14-11(4)6-10(3)8-16-14/h6-9H,5H2,1-4H3,(H,17,18,19). The lowest BCUT2D eigenvalue weighted by atomic mass is 10.1. The van der Waals surface area contributed by atoms with Crippen molar-refractivity contribution in [3.05, 3.63) is 45.5 Å². The molecule has 0 aliphatic heterocycles. The molecule has 0 saturated carbocycles. The quantitative estimate of drug-likeness (QED) is 0.919. The van der Waals surface area contributed by atoms with Gasteiger partial charge in [-0.2, -0.15) is 0 Å². The molecule has 0 atom stereocenters. The Morgan fingerprint density at radius 3 is 2.63 bits per heavy atom. The summed E-state index contributed by atoms with van der Waals surface area (Å²) in [5.74, 6) is 1.02. The van der Waals surface area contributed by atoms with Crippen molar-refractivity contribution in [1.29, 1.82) is 0 Å². The van der Waals surface area contributed by atoms with Crippen LogP contribution in [0.25, 0.3) is 11.5 Å². The third-order valence-corrected chi connectivity index (χ3v) is 2.85. The van der Waals surface area contributed by atoms with Gasteiger partial charge in [0.25, 0.3) is 5.56 Å². The molecule has 0 saturated heterocycles. The number of nitrogens with one attached hydrogen (secondary N) is 1. The molecule has 0 spiro atoms. The largest absolute Gasteiger partial charge is 0.305 e. The van der Waals surface area contributed by atoms with E-state index >= 15 is 0 Å². The number of pyridine rings is 1. The molecule has 0 amide bonds. The van der Waals surface area contributed by atoms with Gasteiger partial charge in [-0.05, 0) is 37.3 Å². The normalized spacial score (nSPS) is 11.0. The fourth-order valence-corrected chi connectivity index (χ4v) is 2.11. The van der Waals surface area contributed by atoms with E-state index in [-0.39, 0.29) is 5.56 Å². The zero-order valence-corrected chi connectivity index (χ0v) is 11.8. The fourth-order valence-electron chi connectivity index (χ4n) is 2.11. The van der Waals surface area contributed by atoms with Gasteiger partial charge >= 0.3 is 0 Å². The van der Waals surface area contributed by atoms with Gasteiger partial charge in [0.2, 0.25) is 0 Å². The van der Waals surface area contributed by atoms with Gasteiger partial charge in [-0.25, -0.2) is 4.98 Å². The highest BCUT2D eigenvalue weighted by Gasteiger charge is 2.09. The van der Waals surface area contributed by atoms with Gasteiger partial charge in [-0.15, -0.1) is 0 Å². The number of aromatic nitrogens is 3. The number of aromatic amines is 1. The highest BCUT2D eigenvalue weighted by atomic mass is 16.1. The topological polar surface area (TPSA) is 58.6 Å². The summed E-state index contributed by atoms with van der Waals surface area (Å²) >= 11 is 0. The first-order chi connectivity index (χ1) is 8.95. The molecule has 2 aromatic heterocycles. The molecule has 0 aliphatic carbocycles. The minimum Gasteiger partial charge on any atom is -0.305 e. The van der Waals surface area contributed by atoms with Crippen LogP contribution in [0.4, 0.5) is 0 Å². The Morgan fingerprint density at radius 1 is 1.26 bits per heavy atom. The van der Waals surface area contributed by atoms with E-state index in [4.69, 9.17) is 0 Å². The molecule has 0 bridgehead atoms. The second kappa shape index (κ2) is 5.34. The van der Waals surface area contributed by atoms with Gasteiger partial charge in [-0.3, -0.25) is 9.78 Å². The number of nitrogens with zero attached hydrogens (tertiary/aromatic N) is 2. The zero-order chi connectivity index (χ0) is 14.0. The van der Waals surface area contributed by atoms with Gasteiger partial charge in [0.05, 0.1) is 0 Å².